The van der Waals surface area contributed by atoms with Crippen molar-refractivity contribution >= 4 is 33.0 Å². The van der Waals surface area contributed by atoms with E-state index in [-0.39, 0.29) is 16.8 Å². The predicted molar refractivity (Wildman–Crippen MR) is 135 cm³/mol. The van der Waals surface area contributed by atoms with Crippen LogP contribution in [0.5, 0.6) is 0 Å². The number of nitrogens with one attached hydrogen (secondary N) is 1. The molecule has 1 aromatic heterocycles. The van der Waals surface area contributed by atoms with E-state index in [1.165, 1.54) is 51.7 Å². The molecule has 0 atom stereocenters. The van der Waals surface area contributed by atoms with Crippen LogP contribution >= 0.6 is 11.3 Å². The number of aryl methyl sites for hydroxylation is 2. The highest BCUT2D eigenvalue weighted by Gasteiger charge is 2.33. The number of carbonyl (C=O) groups is 1. The molecule has 1 aliphatic heterocycles. The first-order chi connectivity index (χ1) is 15.9. The Kier molecular flexibility index (Phi) is 7.76. The molecule has 0 bridgehead atoms. The van der Waals surface area contributed by atoms with Gasteiger partial charge in [0.2, 0.25) is 10.0 Å². The summed E-state index contributed by atoms with van der Waals surface area (Å²) in [4.78, 5) is 15.8. The van der Waals surface area contributed by atoms with Crippen molar-refractivity contribution in [2.24, 2.45) is 0 Å². The van der Waals surface area contributed by atoms with Crippen molar-refractivity contribution in [1.82, 2.24) is 9.62 Å². The highest BCUT2D eigenvalue weighted by Crippen LogP contribution is 2.29. The average Bonchev–Trinajstić information content (AvgIpc) is 3.28. The van der Waals surface area contributed by atoms with E-state index >= 15 is 0 Å². The number of carbonyl (C=O) groups excluding carboxylic acids is 1. The standard InChI is InChI=1S/C25H35N3O3S2/c1-19-10-11-20(2)22(18-19)27-13-15-28(16-14-27)33(30,31)23-12-17-32-24(23)25(29)26-21-8-6-4-3-5-7-9-21/h10-12,17-18,21H,3-9,13-16H2,1-2H3,(H,26,29). The summed E-state index contributed by atoms with van der Waals surface area (Å²) in [6, 6.07) is 8.09. The Morgan fingerprint density at radius 1 is 0.970 bits per heavy atom. The number of thiophene rings is 1. The summed E-state index contributed by atoms with van der Waals surface area (Å²) in [6.07, 6.45) is 7.86. The molecule has 180 valence electrons. The second kappa shape index (κ2) is 10.6. The normalized spacial score (nSPS) is 19.2. The lowest BCUT2D eigenvalue weighted by atomic mass is 9.97. The Labute approximate surface area is 202 Å². The summed E-state index contributed by atoms with van der Waals surface area (Å²) in [6.45, 7) is 6.26. The molecule has 1 aromatic carbocycles. The lowest BCUT2D eigenvalue weighted by Gasteiger charge is -2.36. The van der Waals surface area contributed by atoms with E-state index < -0.39 is 10.0 Å². The molecule has 0 radical (unpaired) electrons. The first kappa shape index (κ1) is 24.2. The van der Waals surface area contributed by atoms with Gasteiger partial charge in [0.1, 0.15) is 9.77 Å². The molecule has 2 fully saturated rings. The zero-order valence-corrected chi connectivity index (χ0v) is 21.3. The molecule has 1 amide bonds. The van der Waals surface area contributed by atoms with E-state index in [4.69, 9.17) is 0 Å². The van der Waals surface area contributed by atoms with Crippen LogP contribution in [0.3, 0.4) is 0 Å². The van der Waals surface area contributed by atoms with Gasteiger partial charge in [0.25, 0.3) is 5.91 Å². The minimum atomic E-state index is -3.72. The van der Waals surface area contributed by atoms with Crippen LogP contribution in [0, 0.1) is 13.8 Å². The molecule has 33 heavy (non-hydrogen) atoms. The third-order valence-corrected chi connectivity index (χ3v) is 9.82. The fraction of sp³-hybridized carbons (Fsp3) is 0.560. The molecule has 0 unspecified atom stereocenters. The summed E-state index contributed by atoms with van der Waals surface area (Å²) in [7, 11) is -3.72. The minimum absolute atomic E-state index is 0.136. The number of benzene rings is 1. The van der Waals surface area contributed by atoms with E-state index in [0.29, 0.717) is 31.1 Å². The second-order valence-corrected chi connectivity index (χ2v) is 12.1. The van der Waals surface area contributed by atoms with Crippen LogP contribution in [-0.4, -0.2) is 50.9 Å². The van der Waals surface area contributed by atoms with Crippen LogP contribution in [-0.2, 0) is 10.0 Å². The fourth-order valence-corrected chi connectivity index (χ4v) is 7.61. The number of hydrogen-bond donors (Lipinski definition) is 1. The maximum Gasteiger partial charge on any atom is 0.262 e. The number of piperazine rings is 1. The van der Waals surface area contributed by atoms with Gasteiger partial charge in [-0.1, -0.05) is 44.2 Å². The summed E-state index contributed by atoms with van der Waals surface area (Å²) in [5.41, 5.74) is 3.56. The molecular formula is C25H35N3O3S2. The van der Waals surface area contributed by atoms with Crippen molar-refractivity contribution in [2.75, 3.05) is 31.1 Å². The van der Waals surface area contributed by atoms with Crippen LogP contribution in [0.2, 0.25) is 0 Å². The van der Waals surface area contributed by atoms with Gasteiger partial charge in [-0.15, -0.1) is 11.3 Å². The second-order valence-electron chi connectivity index (χ2n) is 9.31. The largest absolute Gasteiger partial charge is 0.369 e. The zero-order chi connectivity index (χ0) is 23.4. The quantitative estimate of drug-likeness (QED) is 0.660. The Bertz CT molecular complexity index is 1060. The molecule has 1 N–H and O–H groups in total. The molecule has 8 heteroatoms. The SMILES string of the molecule is Cc1ccc(C)c(N2CCN(S(=O)(=O)c3ccsc3C(=O)NC3CCCCCCC3)CC2)c1. The van der Waals surface area contributed by atoms with Gasteiger partial charge < -0.3 is 10.2 Å². The molecule has 2 aromatic rings. The van der Waals surface area contributed by atoms with Gasteiger partial charge in [-0.3, -0.25) is 4.79 Å². The van der Waals surface area contributed by atoms with E-state index in [9.17, 15) is 13.2 Å². The van der Waals surface area contributed by atoms with Crippen LogP contribution in [0.15, 0.2) is 34.5 Å². The molecule has 6 nitrogen and oxygen atoms in total. The summed E-state index contributed by atoms with van der Waals surface area (Å²) in [5, 5.41) is 4.84. The highest BCUT2D eigenvalue weighted by atomic mass is 32.2. The van der Waals surface area contributed by atoms with Crippen molar-refractivity contribution < 1.29 is 13.2 Å². The Morgan fingerprint density at radius 3 is 2.33 bits per heavy atom. The Hall–Kier alpha value is -1.90. The van der Waals surface area contributed by atoms with Gasteiger partial charge in [0.05, 0.1) is 0 Å². The molecular weight excluding hydrogens is 454 g/mol. The van der Waals surface area contributed by atoms with Crippen LogP contribution in [0.25, 0.3) is 0 Å². The summed E-state index contributed by atoms with van der Waals surface area (Å²) < 4.78 is 28.5. The minimum Gasteiger partial charge on any atom is -0.369 e. The number of amides is 1. The first-order valence-electron chi connectivity index (χ1n) is 12.1. The van der Waals surface area contributed by atoms with Crippen molar-refractivity contribution in [3.8, 4) is 0 Å². The monoisotopic (exact) mass is 489 g/mol. The average molecular weight is 490 g/mol. The van der Waals surface area contributed by atoms with Gasteiger partial charge in [0, 0.05) is 37.9 Å². The van der Waals surface area contributed by atoms with E-state index in [1.807, 2.05) is 0 Å². The number of rotatable bonds is 5. The molecule has 2 aliphatic rings. The first-order valence-corrected chi connectivity index (χ1v) is 14.4. The lowest BCUT2D eigenvalue weighted by molar-refractivity contribution is 0.0931. The maximum atomic E-state index is 13.5. The highest BCUT2D eigenvalue weighted by molar-refractivity contribution is 7.89. The van der Waals surface area contributed by atoms with Gasteiger partial charge in [-0.2, -0.15) is 4.31 Å². The smallest absolute Gasteiger partial charge is 0.262 e. The Morgan fingerprint density at radius 2 is 1.64 bits per heavy atom. The van der Waals surface area contributed by atoms with Crippen LogP contribution in [0.1, 0.15) is 65.7 Å². The fourth-order valence-electron chi connectivity index (χ4n) is 4.89. The number of hydrogen-bond acceptors (Lipinski definition) is 5. The maximum absolute atomic E-state index is 13.5. The molecule has 0 spiro atoms. The topological polar surface area (TPSA) is 69.7 Å². The van der Waals surface area contributed by atoms with Crippen LogP contribution in [0.4, 0.5) is 5.69 Å². The Balaban J connectivity index is 1.44. The third kappa shape index (κ3) is 5.61. The van der Waals surface area contributed by atoms with Crippen molar-refractivity contribution in [2.45, 2.75) is 69.7 Å². The molecule has 4 rings (SSSR count). The molecule has 1 saturated heterocycles. The van der Waals surface area contributed by atoms with Crippen molar-refractivity contribution in [3.63, 3.8) is 0 Å². The van der Waals surface area contributed by atoms with Gasteiger partial charge in [-0.25, -0.2) is 8.42 Å². The van der Waals surface area contributed by atoms with Crippen molar-refractivity contribution in [1.29, 1.82) is 0 Å². The van der Waals surface area contributed by atoms with Crippen LogP contribution < -0.4 is 10.2 Å². The predicted octanol–water partition coefficient (Wildman–Crippen LogP) is 4.72. The summed E-state index contributed by atoms with van der Waals surface area (Å²) >= 11 is 1.22. The van der Waals surface area contributed by atoms with Gasteiger partial charge >= 0.3 is 0 Å². The third-order valence-electron chi connectivity index (χ3n) is 6.84. The summed E-state index contributed by atoms with van der Waals surface area (Å²) in [5.74, 6) is -0.247. The van der Waals surface area contributed by atoms with Crippen molar-refractivity contribution in [3.05, 3.63) is 45.6 Å². The zero-order valence-electron chi connectivity index (χ0n) is 19.7. The lowest BCUT2D eigenvalue weighted by Crippen LogP contribution is -2.49. The molecule has 1 aliphatic carbocycles. The van der Waals surface area contributed by atoms with E-state index in [2.05, 4.69) is 42.3 Å². The number of nitrogens with zero attached hydrogens (tertiary/aromatic N) is 2. The van der Waals surface area contributed by atoms with Gasteiger partial charge in [-0.05, 0) is 55.3 Å². The molecule has 2 heterocycles. The van der Waals surface area contributed by atoms with E-state index in [0.717, 1.165) is 25.7 Å². The van der Waals surface area contributed by atoms with E-state index in [1.54, 1.807) is 11.4 Å². The molecule has 1 saturated carbocycles. The number of sulfonamides is 1. The number of anilines is 1. The van der Waals surface area contributed by atoms with Gasteiger partial charge in [0.15, 0.2) is 0 Å².